The van der Waals surface area contributed by atoms with E-state index in [9.17, 15) is 9.59 Å². The number of rotatable bonds is 10. The SMILES string of the molecule is CCCC(CC)COC(C)C(NC(=O)CC)C(=O)N1CC(C)CC(C)C1. The van der Waals surface area contributed by atoms with E-state index in [1.807, 2.05) is 18.7 Å². The van der Waals surface area contributed by atoms with E-state index in [4.69, 9.17) is 4.74 Å². The zero-order valence-corrected chi connectivity index (χ0v) is 17.7. The summed E-state index contributed by atoms with van der Waals surface area (Å²) in [5.41, 5.74) is 0. The Morgan fingerprint density at radius 1 is 1.15 bits per heavy atom. The summed E-state index contributed by atoms with van der Waals surface area (Å²) in [5.74, 6) is 1.40. The summed E-state index contributed by atoms with van der Waals surface area (Å²) in [4.78, 5) is 27.1. The molecule has 1 rings (SSSR count). The van der Waals surface area contributed by atoms with E-state index in [0.717, 1.165) is 38.8 Å². The van der Waals surface area contributed by atoms with Crippen molar-refractivity contribution in [1.82, 2.24) is 10.2 Å². The van der Waals surface area contributed by atoms with Crippen molar-refractivity contribution in [2.75, 3.05) is 19.7 Å². The fourth-order valence-corrected chi connectivity index (χ4v) is 3.89. The average molecular weight is 369 g/mol. The number of hydrogen-bond acceptors (Lipinski definition) is 3. The number of nitrogens with one attached hydrogen (secondary N) is 1. The number of carbonyl (C=O) groups is 2. The van der Waals surface area contributed by atoms with Crippen molar-refractivity contribution in [2.45, 2.75) is 85.8 Å². The maximum atomic E-state index is 13.2. The molecule has 0 aromatic heterocycles. The zero-order chi connectivity index (χ0) is 19.7. The van der Waals surface area contributed by atoms with Gasteiger partial charge in [-0.3, -0.25) is 9.59 Å². The molecule has 5 heteroatoms. The molecule has 0 spiro atoms. The van der Waals surface area contributed by atoms with Gasteiger partial charge in [-0.15, -0.1) is 0 Å². The molecule has 1 N–H and O–H groups in total. The highest BCUT2D eigenvalue weighted by Crippen LogP contribution is 2.22. The van der Waals surface area contributed by atoms with Gasteiger partial charge in [0, 0.05) is 26.1 Å². The third-order valence-electron chi connectivity index (χ3n) is 5.42. The van der Waals surface area contributed by atoms with E-state index in [1.165, 1.54) is 0 Å². The molecule has 1 heterocycles. The standard InChI is InChI=1S/C21H40N2O3/c1-7-10-18(8-2)14-26-17(6)20(22-19(24)9-3)21(25)23-12-15(4)11-16(5)13-23/h15-18,20H,7-14H2,1-6H3,(H,22,24). The smallest absolute Gasteiger partial charge is 0.247 e. The molecule has 0 bridgehead atoms. The van der Waals surface area contributed by atoms with Crippen molar-refractivity contribution in [3.05, 3.63) is 0 Å². The third-order valence-corrected chi connectivity index (χ3v) is 5.42. The molecule has 1 aliphatic heterocycles. The van der Waals surface area contributed by atoms with Crippen molar-refractivity contribution in [3.8, 4) is 0 Å². The van der Waals surface area contributed by atoms with E-state index in [0.29, 0.717) is 30.8 Å². The largest absolute Gasteiger partial charge is 0.376 e. The Balaban J connectivity index is 2.78. The number of piperidine rings is 1. The summed E-state index contributed by atoms with van der Waals surface area (Å²) in [6.07, 6.45) is 4.53. The summed E-state index contributed by atoms with van der Waals surface area (Å²) in [5, 5.41) is 2.91. The van der Waals surface area contributed by atoms with E-state index in [-0.39, 0.29) is 17.9 Å². The molecule has 1 fully saturated rings. The first kappa shape index (κ1) is 22.9. The molecule has 0 aromatic rings. The topological polar surface area (TPSA) is 58.6 Å². The highest BCUT2D eigenvalue weighted by atomic mass is 16.5. The molecule has 5 unspecified atom stereocenters. The number of hydrogen-bond donors (Lipinski definition) is 1. The van der Waals surface area contributed by atoms with Crippen LogP contribution in [0.25, 0.3) is 0 Å². The van der Waals surface area contributed by atoms with Crippen molar-refractivity contribution in [2.24, 2.45) is 17.8 Å². The number of ether oxygens (including phenoxy) is 1. The minimum atomic E-state index is -0.598. The molecule has 152 valence electrons. The summed E-state index contributed by atoms with van der Waals surface area (Å²) >= 11 is 0. The predicted octanol–water partition coefficient (Wildman–Crippen LogP) is 3.62. The quantitative estimate of drug-likeness (QED) is 0.641. The summed E-state index contributed by atoms with van der Waals surface area (Å²) in [6.45, 7) is 14.6. The van der Waals surface area contributed by atoms with Gasteiger partial charge in [-0.25, -0.2) is 0 Å². The van der Waals surface area contributed by atoms with Gasteiger partial charge >= 0.3 is 0 Å². The molecule has 0 aromatic carbocycles. The molecule has 0 saturated carbocycles. The lowest BCUT2D eigenvalue weighted by Gasteiger charge is -2.38. The monoisotopic (exact) mass is 368 g/mol. The number of carbonyl (C=O) groups excluding carboxylic acids is 2. The van der Waals surface area contributed by atoms with Gasteiger partial charge < -0.3 is 15.0 Å². The van der Waals surface area contributed by atoms with Crippen LogP contribution in [0.1, 0.15) is 73.6 Å². The highest BCUT2D eigenvalue weighted by molar-refractivity contribution is 5.88. The van der Waals surface area contributed by atoms with Gasteiger partial charge in [0.05, 0.1) is 6.10 Å². The third kappa shape index (κ3) is 7.26. The normalized spacial score (nSPS) is 24.0. The first-order valence-corrected chi connectivity index (χ1v) is 10.5. The Kier molecular flexibility index (Phi) is 10.2. The lowest BCUT2D eigenvalue weighted by Crippen LogP contribution is -2.56. The van der Waals surface area contributed by atoms with Crippen LogP contribution < -0.4 is 5.32 Å². The van der Waals surface area contributed by atoms with Gasteiger partial charge in [-0.05, 0) is 37.5 Å². The van der Waals surface area contributed by atoms with Crippen molar-refractivity contribution in [3.63, 3.8) is 0 Å². The number of likely N-dealkylation sites (tertiary alicyclic amines) is 1. The molecule has 2 amide bonds. The van der Waals surface area contributed by atoms with Crippen molar-refractivity contribution >= 4 is 11.8 Å². The molecular weight excluding hydrogens is 328 g/mol. The van der Waals surface area contributed by atoms with Crippen LogP contribution in [0.3, 0.4) is 0 Å². The molecule has 1 aliphatic rings. The van der Waals surface area contributed by atoms with Crippen molar-refractivity contribution in [1.29, 1.82) is 0 Å². The van der Waals surface area contributed by atoms with Crippen LogP contribution in [0.15, 0.2) is 0 Å². The maximum Gasteiger partial charge on any atom is 0.247 e. The van der Waals surface area contributed by atoms with Gasteiger partial charge in [0.25, 0.3) is 0 Å². The predicted molar refractivity (Wildman–Crippen MR) is 106 cm³/mol. The van der Waals surface area contributed by atoms with Gasteiger partial charge in [-0.2, -0.15) is 0 Å². The molecule has 5 nitrogen and oxygen atoms in total. The van der Waals surface area contributed by atoms with Gasteiger partial charge in [0.1, 0.15) is 6.04 Å². The number of nitrogens with zero attached hydrogens (tertiary/aromatic N) is 1. The van der Waals surface area contributed by atoms with Crippen LogP contribution in [0.4, 0.5) is 0 Å². The Hall–Kier alpha value is -1.10. The van der Waals surface area contributed by atoms with Crippen LogP contribution in [0.2, 0.25) is 0 Å². The summed E-state index contributed by atoms with van der Waals surface area (Å²) in [7, 11) is 0. The van der Waals surface area contributed by atoms with Crippen LogP contribution in [0.5, 0.6) is 0 Å². The molecule has 5 atom stereocenters. The highest BCUT2D eigenvalue weighted by Gasteiger charge is 2.34. The molecule has 1 saturated heterocycles. The van der Waals surface area contributed by atoms with Gasteiger partial charge in [0.2, 0.25) is 11.8 Å². The van der Waals surface area contributed by atoms with Crippen LogP contribution in [-0.4, -0.2) is 48.6 Å². The van der Waals surface area contributed by atoms with Crippen LogP contribution in [0, 0.1) is 17.8 Å². The first-order valence-electron chi connectivity index (χ1n) is 10.5. The molecule has 0 radical (unpaired) electrons. The minimum absolute atomic E-state index is 0.00115. The fraction of sp³-hybridized carbons (Fsp3) is 0.905. The molecule has 26 heavy (non-hydrogen) atoms. The summed E-state index contributed by atoms with van der Waals surface area (Å²) < 4.78 is 6.06. The maximum absolute atomic E-state index is 13.2. The van der Waals surface area contributed by atoms with E-state index >= 15 is 0 Å². The molecule has 0 aliphatic carbocycles. The average Bonchev–Trinajstić information content (AvgIpc) is 2.61. The fourth-order valence-electron chi connectivity index (χ4n) is 3.89. The van der Waals surface area contributed by atoms with Crippen molar-refractivity contribution < 1.29 is 14.3 Å². The lowest BCUT2D eigenvalue weighted by molar-refractivity contribution is -0.143. The second kappa shape index (κ2) is 11.6. The van der Waals surface area contributed by atoms with Crippen LogP contribution >= 0.6 is 0 Å². The number of amides is 2. The zero-order valence-electron chi connectivity index (χ0n) is 17.7. The summed E-state index contributed by atoms with van der Waals surface area (Å²) in [6, 6.07) is -0.598. The molecular formula is C21H40N2O3. The second-order valence-corrected chi connectivity index (χ2v) is 8.19. The Morgan fingerprint density at radius 2 is 1.77 bits per heavy atom. The Morgan fingerprint density at radius 3 is 2.27 bits per heavy atom. The van der Waals surface area contributed by atoms with Crippen LogP contribution in [-0.2, 0) is 14.3 Å². The van der Waals surface area contributed by atoms with E-state index in [1.54, 1.807) is 0 Å². The van der Waals surface area contributed by atoms with Gasteiger partial charge in [-0.1, -0.05) is 47.5 Å². The van der Waals surface area contributed by atoms with E-state index in [2.05, 4.69) is 33.0 Å². The lowest BCUT2D eigenvalue weighted by atomic mass is 9.91. The minimum Gasteiger partial charge on any atom is -0.376 e. The first-order chi connectivity index (χ1) is 12.3. The second-order valence-electron chi connectivity index (χ2n) is 8.19. The Labute approximate surface area is 160 Å². The Bertz CT molecular complexity index is 431. The van der Waals surface area contributed by atoms with E-state index < -0.39 is 6.04 Å². The van der Waals surface area contributed by atoms with Gasteiger partial charge in [0.15, 0.2) is 0 Å².